The summed E-state index contributed by atoms with van der Waals surface area (Å²) in [7, 11) is 0. The monoisotopic (exact) mass is 328 g/mol. The van der Waals surface area contributed by atoms with Crippen molar-refractivity contribution in [3.63, 3.8) is 0 Å². The Kier molecular flexibility index (Phi) is 4.32. The summed E-state index contributed by atoms with van der Waals surface area (Å²) in [5.41, 5.74) is -2.80. The molecule has 2 N–H and O–H groups in total. The minimum absolute atomic E-state index is 0.374. The molecule has 0 spiro atoms. The molecule has 0 radical (unpaired) electrons. The van der Waals surface area contributed by atoms with Crippen LogP contribution < -0.4 is 10.2 Å². The van der Waals surface area contributed by atoms with Crippen LogP contribution in [-0.4, -0.2) is 34.1 Å². The van der Waals surface area contributed by atoms with Crippen LogP contribution in [0, 0.1) is 0 Å². The molecule has 8 nitrogen and oxygen atoms in total. The summed E-state index contributed by atoms with van der Waals surface area (Å²) in [5, 5.41) is 40.8. The maximum absolute atomic E-state index is 11.4. The fourth-order valence-electron chi connectivity index (χ4n) is 2.26. The maximum Gasteiger partial charge on any atom is 0.336 e. The van der Waals surface area contributed by atoms with Crippen LogP contribution in [0.1, 0.15) is 41.4 Å². The van der Waals surface area contributed by atoms with Crippen LogP contribution in [0.25, 0.3) is 11.1 Å². The Morgan fingerprint density at radius 2 is 1.33 bits per heavy atom. The fraction of sp³-hybridized carbons (Fsp3) is 0. The van der Waals surface area contributed by atoms with Crippen LogP contribution in [0.5, 0.6) is 0 Å². The van der Waals surface area contributed by atoms with E-state index in [0.29, 0.717) is 0 Å². The molecule has 122 valence electrons. The van der Waals surface area contributed by atoms with Gasteiger partial charge in [-0.15, -0.1) is 0 Å². The van der Waals surface area contributed by atoms with E-state index >= 15 is 0 Å². The second-order valence-electron chi connectivity index (χ2n) is 4.67. The Morgan fingerprint density at radius 3 is 1.83 bits per heavy atom. The van der Waals surface area contributed by atoms with E-state index in [1.54, 1.807) is 0 Å². The number of carboxylic acids is 4. The molecule has 2 rings (SSSR count). The molecule has 0 unspecified atom stereocenters. The largest absolute Gasteiger partial charge is 0.545 e. The lowest BCUT2D eigenvalue weighted by atomic mass is 9.90. The molecular weight excluding hydrogens is 320 g/mol. The summed E-state index contributed by atoms with van der Waals surface area (Å²) in [5.74, 6) is -6.36. The molecule has 0 aliphatic heterocycles. The number of hydrogen-bond acceptors (Lipinski definition) is 6. The zero-order valence-corrected chi connectivity index (χ0v) is 11.8. The van der Waals surface area contributed by atoms with E-state index in [1.807, 2.05) is 0 Å². The van der Waals surface area contributed by atoms with Crippen molar-refractivity contribution in [3.8, 4) is 11.1 Å². The van der Waals surface area contributed by atoms with Gasteiger partial charge in [0, 0.05) is 11.1 Å². The SMILES string of the molecule is O=C([O-])c1ccc(C(=O)O)c(-c2c(C(=O)[O-])cccc2C(=O)O)c1. The molecule has 0 bridgehead atoms. The first-order valence-electron chi connectivity index (χ1n) is 6.40. The van der Waals surface area contributed by atoms with Gasteiger partial charge in [0.1, 0.15) is 0 Å². The third-order valence-electron chi connectivity index (χ3n) is 3.27. The molecule has 0 saturated heterocycles. The molecule has 24 heavy (non-hydrogen) atoms. The lowest BCUT2D eigenvalue weighted by molar-refractivity contribution is -0.256. The zero-order valence-electron chi connectivity index (χ0n) is 11.8. The predicted octanol–water partition coefficient (Wildman–Crippen LogP) is -0.523. The van der Waals surface area contributed by atoms with Gasteiger partial charge in [-0.05, 0) is 29.3 Å². The first kappa shape index (κ1) is 16.7. The highest BCUT2D eigenvalue weighted by Gasteiger charge is 2.22. The molecule has 0 fully saturated rings. The van der Waals surface area contributed by atoms with Crippen molar-refractivity contribution in [1.29, 1.82) is 0 Å². The molecule has 8 heteroatoms. The number of rotatable bonds is 5. The van der Waals surface area contributed by atoms with E-state index < -0.39 is 51.7 Å². The normalized spacial score (nSPS) is 10.2. The van der Waals surface area contributed by atoms with Crippen LogP contribution in [-0.2, 0) is 0 Å². The quantitative estimate of drug-likeness (QED) is 0.742. The highest BCUT2D eigenvalue weighted by Crippen LogP contribution is 2.32. The maximum atomic E-state index is 11.4. The van der Waals surface area contributed by atoms with Gasteiger partial charge in [-0.2, -0.15) is 0 Å². The van der Waals surface area contributed by atoms with Gasteiger partial charge in [0.15, 0.2) is 0 Å². The second kappa shape index (κ2) is 6.21. The summed E-state index contributed by atoms with van der Waals surface area (Å²) in [6.45, 7) is 0. The number of aromatic carboxylic acids is 4. The van der Waals surface area contributed by atoms with E-state index in [9.17, 15) is 39.6 Å². The van der Waals surface area contributed by atoms with E-state index in [2.05, 4.69) is 0 Å². The van der Waals surface area contributed by atoms with Gasteiger partial charge in [-0.25, -0.2) is 9.59 Å². The summed E-state index contributed by atoms with van der Waals surface area (Å²) >= 11 is 0. The average molecular weight is 328 g/mol. The van der Waals surface area contributed by atoms with Crippen molar-refractivity contribution in [3.05, 3.63) is 58.7 Å². The van der Waals surface area contributed by atoms with E-state index in [0.717, 1.165) is 36.4 Å². The second-order valence-corrected chi connectivity index (χ2v) is 4.67. The van der Waals surface area contributed by atoms with Crippen molar-refractivity contribution >= 4 is 23.9 Å². The first-order chi connectivity index (χ1) is 11.2. The standard InChI is InChI=1S/C16H10O8/c17-13(18)7-4-5-8(14(19)20)11(6-7)12-9(15(21)22)2-1-3-10(12)16(23)24/h1-6H,(H,17,18)(H,19,20)(H,21,22)(H,23,24)/p-2. The number of hydrogen-bond donors (Lipinski definition) is 2. The molecular formula is C16H8O8-2. The van der Waals surface area contributed by atoms with Gasteiger partial charge in [-0.1, -0.05) is 18.2 Å². The van der Waals surface area contributed by atoms with Gasteiger partial charge in [0.25, 0.3) is 0 Å². The van der Waals surface area contributed by atoms with E-state index in [-0.39, 0.29) is 5.56 Å². The molecule has 0 atom stereocenters. The summed E-state index contributed by atoms with van der Waals surface area (Å²) < 4.78 is 0. The lowest BCUT2D eigenvalue weighted by Gasteiger charge is -2.17. The van der Waals surface area contributed by atoms with Gasteiger partial charge >= 0.3 is 11.9 Å². The fourth-order valence-corrected chi connectivity index (χ4v) is 2.26. The molecule has 0 aliphatic carbocycles. The van der Waals surface area contributed by atoms with Gasteiger partial charge in [0.05, 0.1) is 23.1 Å². The first-order valence-corrected chi connectivity index (χ1v) is 6.40. The molecule has 0 aromatic heterocycles. The Bertz CT molecular complexity index is 849. The number of carbonyl (C=O) groups excluding carboxylic acids is 2. The zero-order chi connectivity index (χ0) is 18.0. The topological polar surface area (TPSA) is 155 Å². The van der Waals surface area contributed by atoms with Crippen LogP contribution in [0.3, 0.4) is 0 Å². The van der Waals surface area contributed by atoms with Crippen molar-refractivity contribution in [2.45, 2.75) is 0 Å². The molecule has 2 aromatic carbocycles. The Morgan fingerprint density at radius 1 is 0.750 bits per heavy atom. The minimum Gasteiger partial charge on any atom is -0.545 e. The Balaban J connectivity index is 2.96. The number of carbonyl (C=O) groups is 4. The molecule has 0 heterocycles. The smallest absolute Gasteiger partial charge is 0.336 e. The minimum atomic E-state index is -1.73. The third-order valence-corrected chi connectivity index (χ3v) is 3.27. The Labute approximate surface area is 134 Å². The summed E-state index contributed by atoms with van der Waals surface area (Å²) in [4.78, 5) is 45.0. The molecule has 0 saturated carbocycles. The van der Waals surface area contributed by atoms with E-state index in [1.165, 1.54) is 0 Å². The van der Waals surface area contributed by atoms with Crippen LogP contribution in [0.2, 0.25) is 0 Å². The van der Waals surface area contributed by atoms with Crippen LogP contribution in [0.4, 0.5) is 0 Å². The van der Waals surface area contributed by atoms with E-state index in [4.69, 9.17) is 0 Å². The third kappa shape index (κ3) is 2.93. The van der Waals surface area contributed by atoms with Crippen molar-refractivity contribution in [2.24, 2.45) is 0 Å². The van der Waals surface area contributed by atoms with Crippen molar-refractivity contribution in [1.82, 2.24) is 0 Å². The van der Waals surface area contributed by atoms with Crippen molar-refractivity contribution in [2.75, 3.05) is 0 Å². The van der Waals surface area contributed by atoms with Gasteiger partial charge in [-0.3, -0.25) is 0 Å². The molecule has 0 amide bonds. The number of benzene rings is 2. The average Bonchev–Trinajstić information content (AvgIpc) is 2.53. The lowest BCUT2D eigenvalue weighted by Crippen LogP contribution is -2.25. The highest BCUT2D eigenvalue weighted by atomic mass is 16.4. The highest BCUT2D eigenvalue weighted by molar-refractivity contribution is 6.09. The molecule has 2 aromatic rings. The van der Waals surface area contributed by atoms with Crippen LogP contribution in [0.15, 0.2) is 36.4 Å². The Hall–Kier alpha value is -3.68. The van der Waals surface area contributed by atoms with Gasteiger partial charge in [0.2, 0.25) is 0 Å². The molecule has 0 aliphatic rings. The summed E-state index contributed by atoms with van der Waals surface area (Å²) in [6, 6.07) is 6.01. The van der Waals surface area contributed by atoms with Gasteiger partial charge < -0.3 is 30.0 Å². The van der Waals surface area contributed by atoms with Crippen LogP contribution >= 0.6 is 0 Å². The summed E-state index contributed by atoms with van der Waals surface area (Å²) in [6.07, 6.45) is 0. The van der Waals surface area contributed by atoms with Crippen molar-refractivity contribution < 1.29 is 39.6 Å². The number of carboxylic acid groups (broad SMARTS) is 4. The predicted molar refractivity (Wildman–Crippen MR) is 74.5 cm³/mol.